The Morgan fingerprint density at radius 1 is 0.765 bits per heavy atom. The van der Waals surface area contributed by atoms with E-state index in [0.717, 1.165) is 30.6 Å². The summed E-state index contributed by atoms with van der Waals surface area (Å²) in [6, 6.07) is 0. The largest absolute Gasteiger partial charge is 0.462 e. The molecule has 0 aromatic carbocycles. The minimum atomic E-state index is -0.217. The van der Waals surface area contributed by atoms with E-state index < -0.39 is 0 Å². The van der Waals surface area contributed by atoms with E-state index in [1.165, 1.54) is 44.9 Å². The summed E-state index contributed by atoms with van der Waals surface area (Å²) >= 11 is 0. The molecule has 0 spiro atoms. The maximum absolute atomic E-state index is 13.7. The second-order valence-electron chi connectivity index (χ2n) is 14.5. The lowest BCUT2D eigenvalue weighted by atomic mass is 9.50. The Balaban J connectivity index is 1.05. The van der Waals surface area contributed by atoms with Gasteiger partial charge >= 0.3 is 11.9 Å². The molecule has 4 nitrogen and oxygen atoms in total. The molecular formula is C30H44O4. The van der Waals surface area contributed by atoms with Crippen LogP contribution in [-0.4, -0.2) is 23.6 Å². The van der Waals surface area contributed by atoms with Crippen LogP contribution in [0.2, 0.25) is 0 Å². The van der Waals surface area contributed by atoms with Crippen molar-refractivity contribution in [3.63, 3.8) is 0 Å². The molecule has 8 aliphatic rings. The van der Waals surface area contributed by atoms with Crippen molar-refractivity contribution < 1.29 is 19.1 Å². The fourth-order valence-electron chi connectivity index (χ4n) is 11.1. The number of carbonyl (C=O) groups excluding carboxylic acids is 2. The van der Waals surface area contributed by atoms with Gasteiger partial charge in [-0.15, -0.1) is 0 Å². The van der Waals surface area contributed by atoms with Crippen LogP contribution in [0.15, 0.2) is 0 Å². The normalized spacial score (nSPS) is 54.5. The smallest absolute Gasteiger partial charge is 0.309 e. The Hall–Kier alpha value is -1.06. The molecule has 8 bridgehead atoms. The Bertz CT molecular complexity index is 849. The molecule has 188 valence electrons. The van der Waals surface area contributed by atoms with Crippen molar-refractivity contribution in [1.82, 2.24) is 0 Å². The molecule has 4 heteroatoms. The van der Waals surface area contributed by atoms with Gasteiger partial charge in [0, 0.05) is 0 Å². The van der Waals surface area contributed by atoms with Gasteiger partial charge in [0.2, 0.25) is 0 Å². The molecule has 8 aliphatic carbocycles. The third-order valence-corrected chi connectivity index (χ3v) is 12.8. The van der Waals surface area contributed by atoms with E-state index in [0.29, 0.717) is 47.3 Å². The molecule has 0 heterocycles. The number of rotatable bonds is 5. The number of hydrogen-bond donors (Lipinski definition) is 0. The summed E-state index contributed by atoms with van der Waals surface area (Å²) in [5.74, 6) is 7.12. The molecule has 8 rings (SSSR count). The van der Waals surface area contributed by atoms with Crippen LogP contribution in [0.25, 0.3) is 0 Å². The molecule has 0 saturated heterocycles. The molecule has 8 fully saturated rings. The molecule has 0 aliphatic heterocycles. The summed E-state index contributed by atoms with van der Waals surface area (Å²) < 4.78 is 12.7. The van der Waals surface area contributed by atoms with E-state index in [1.807, 2.05) is 6.92 Å². The zero-order chi connectivity index (χ0) is 23.5. The van der Waals surface area contributed by atoms with Gasteiger partial charge in [-0.05, 0) is 130 Å². The molecule has 8 saturated carbocycles. The van der Waals surface area contributed by atoms with Gasteiger partial charge in [0.25, 0.3) is 0 Å². The van der Waals surface area contributed by atoms with Crippen molar-refractivity contribution in [3.8, 4) is 0 Å². The first-order valence-electron chi connectivity index (χ1n) is 14.7. The molecule has 0 N–H and O–H groups in total. The van der Waals surface area contributed by atoms with Gasteiger partial charge in [0.05, 0.1) is 11.8 Å². The van der Waals surface area contributed by atoms with Gasteiger partial charge in [0.15, 0.2) is 0 Å². The molecule has 0 aromatic heterocycles. The fraction of sp³-hybridized carbons (Fsp3) is 0.933. The van der Waals surface area contributed by atoms with E-state index >= 15 is 0 Å². The topological polar surface area (TPSA) is 52.6 Å². The Kier molecular flexibility index (Phi) is 4.87. The van der Waals surface area contributed by atoms with Crippen LogP contribution in [0.1, 0.15) is 85.5 Å². The van der Waals surface area contributed by atoms with Crippen LogP contribution in [0, 0.1) is 76.9 Å². The van der Waals surface area contributed by atoms with Gasteiger partial charge in [0.1, 0.15) is 11.7 Å². The molecule has 34 heavy (non-hydrogen) atoms. The summed E-state index contributed by atoms with van der Waals surface area (Å²) in [6.07, 6.45) is 11.2. The zero-order valence-corrected chi connectivity index (χ0v) is 21.6. The van der Waals surface area contributed by atoms with Gasteiger partial charge in [-0.3, -0.25) is 9.59 Å². The average Bonchev–Trinajstić information content (AvgIpc) is 3.55. The summed E-state index contributed by atoms with van der Waals surface area (Å²) in [7, 11) is 0. The van der Waals surface area contributed by atoms with E-state index in [4.69, 9.17) is 9.47 Å². The first kappa shape index (κ1) is 22.2. The Morgan fingerprint density at radius 2 is 1.38 bits per heavy atom. The lowest BCUT2D eigenvalue weighted by Gasteiger charge is -2.59. The first-order chi connectivity index (χ1) is 16.2. The van der Waals surface area contributed by atoms with Gasteiger partial charge < -0.3 is 9.47 Å². The van der Waals surface area contributed by atoms with E-state index in [2.05, 4.69) is 20.8 Å². The molecule has 9 atom stereocenters. The van der Waals surface area contributed by atoms with Gasteiger partial charge in [-0.2, -0.15) is 0 Å². The summed E-state index contributed by atoms with van der Waals surface area (Å²) in [4.78, 5) is 26.5. The molecule has 0 amide bonds. The predicted octanol–water partition coefficient (Wildman–Crippen LogP) is 5.88. The Labute approximate surface area is 205 Å². The lowest BCUT2D eigenvalue weighted by Crippen LogP contribution is -2.58. The zero-order valence-electron chi connectivity index (χ0n) is 21.6. The monoisotopic (exact) mass is 468 g/mol. The van der Waals surface area contributed by atoms with Crippen molar-refractivity contribution in [1.29, 1.82) is 0 Å². The molecule has 0 aromatic rings. The second-order valence-corrected chi connectivity index (χ2v) is 14.5. The number of esters is 2. The van der Waals surface area contributed by atoms with Crippen molar-refractivity contribution in [2.24, 2.45) is 76.9 Å². The fourth-order valence-corrected chi connectivity index (χ4v) is 11.1. The van der Waals surface area contributed by atoms with Gasteiger partial charge in [-0.1, -0.05) is 20.8 Å². The van der Waals surface area contributed by atoms with Crippen molar-refractivity contribution >= 4 is 11.9 Å². The van der Waals surface area contributed by atoms with E-state index in [-0.39, 0.29) is 35.5 Å². The highest BCUT2D eigenvalue weighted by molar-refractivity contribution is 5.74. The van der Waals surface area contributed by atoms with Crippen molar-refractivity contribution in [3.05, 3.63) is 0 Å². The van der Waals surface area contributed by atoms with Gasteiger partial charge in [-0.25, -0.2) is 0 Å². The maximum Gasteiger partial charge on any atom is 0.309 e. The van der Waals surface area contributed by atoms with E-state index in [1.54, 1.807) is 0 Å². The molecule has 0 radical (unpaired) electrons. The van der Waals surface area contributed by atoms with E-state index in [9.17, 15) is 9.59 Å². The minimum absolute atomic E-state index is 0.0157. The highest BCUT2D eigenvalue weighted by atomic mass is 16.6. The third kappa shape index (κ3) is 3.01. The summed E-state index contributed by atoms with van der Waals surface area (Å²) in [6.45, 7) is 8.48. The van der Waals surface area contributed by atoms with Crippen LogP contribution < -0.4 is 0 Å². The predicted molar refractivity (Wildman–Crippen MR) is 128 cm³/mol. The van der Waals surface area contributed by atoms with Crippen LogP contribution in [-0.2, 0) is 19.1 Å². The van der Waals surface area contributed by atoms with Crippen LogP contribution in [0.3, 0.4) is 0 Å². The third-order valence-electron chi connectivity index (χ3n) is 12.8. The number of hydrogen-bond acceptors (Lipinski definition) is 4. The highest BCUT2D eigenvalue weighted by Gasteiger charge is 2.67. The summed E-state index contributed by atoms with van der Waals surface area (Å²) in [5, 5.41) is 0. The summed E-state index contributed by atoms with van der Waals surface area (Å²) in [5.41, 5.74) is -0.217. The average molecular weight is 469 g/mol. The van der Waals surface area contributed by atoms with Crippen LogP contribution >= 0.6 is 0 Å². The number of ether oxygens (including phenoxy) is 2. The maximum atomic E-state index is 13.7. The quantitative estimate of drug-likeness (QED) is 0.374. The van der Waals surface area contributed by atoms with Crippen molar-refractivity contribution in [2.45, 2.75) is 97.2 Å². The minimum Gasteiger partial charge on any atom is -0.462 e. The van der Waals surface area contributed by atoms with Crippen molar-refractivity contribution in [2.75, 3.05) is 0 Å². The molecular weight excluding hydrogens is 424 g/mol. The second kappa shape index (κ2) is 7.48. The SMILES string of the molecule is CC(C)C(C)C(=O)OC1CC2CC1C1C3CC(CC3C(=O)OC3(C)C4CC5CC(C4)CC3C5)C21. The Morgan fingerprint density at radius 3 is 2.03 bits per heavy atom. The number of fused-ring (bicyclic) bond motifs is 9. The highest BCUT2D eigenvalue weighted by Crippen LogP contribution is 2.69. The first-order valence-corrected chi connectivity index (χ1v) is 14.7. The van der Waals surface area contributed by atoms with Crippen LogP contribution in [0.5, 0.6) is 0 Å². The number of carbonyl (C=O) groups is 2. The van der Waals surface area contributed by atoms with Crippen LogP contribution in [0.4, 0.5) is 0 Å². The standard InChI is InChI=1S/C30H44O4/c1-14(2)15(3)28(31)33-25-13-19-12-24(25)27-22-10-18(26(19)27)11-23(22)29(32)34-30(4)20-6-16-5-17(8-20)9-21(30)7-16/h14-27H,5-13H2,1-4H3. The molecule has 9 unspecified atom stereocenters. The lowest BCUT2D eigenvalue weighted by molar-refractivity contribution is -0.209.